The molecule has 4 nitrogen and oxygen atoms in total. The van der Waals surface area contributed by atoms with E-state index in [2.05, 4.69) is 5.32 Å². The van der Waals surface area contributed by atoms with Crippen LogP contribution in [0.25, 0.3) is 0 Å². The molecule has 20 heavy (non-hydrogen) atoms. The van der Waals surface area contributed by atoms with Crippen LogP contribution in [0.2, 0.25) is 0 Å². The van der Waals surface area contributed by atoms with Crippen molar-refractivity contribution >= 4 is 17.5 Å². The van der Waals surface area contributed by atoms with Crippen LogP contribution in [0, 0.1) is 0 Å². The van der Waals surface area contributed by atoms with Crippen molar-refractivity contribution in [1.29, 1.82) is 0 Å². The van der Waals surface area contributed by atoms with E-state index in [4.69, 9.17) is 11.6 Å². The fourth-order valence-corrected chi connectivity index (χ4v) is 2.02. The molecule has 104 valence electrons. The molecule has 3 N–H and O–H groups in total. The molecule has 0 saturated carbocycles. The molecule has 1 amide bonds. The molecule has 0 aliphatic carbocycles. The Kier molecular flexibility index (Phi) is 4.48. The Morgan fingerprint density at radius 3 is 2.30 bits per heavy atom. The number of hydrogen-bond acceptors (Lipinski definition) is 3. The van der Waals surface area contributed by atoms with Gasteiger partial charge in [0.05, 0.1) is 0 Å². The lowest BCUT2D eigenvalue weighted by atomic mass is 10.1. The smallest absolute Gasteiger partial charge is 0.259 e. The van der Waals surface area contributed by atoms with Gasteiger partial charge in [-0.3, -0.25) is 4.79 Å². The third-order valence-corrected chi connectivity index (χ3v) is 3.15. The number of phenolic OH excluding ortho intramolecular Hbond substituents is 2. The monoisotopic (exact) mass is 291 g/mol. The average molecular weight is 292 g/mol. The summed E-state index contributed by atoms with van der Waals surface area (Å²) in [7, 11) is 0. The number of benzene rings is 2. The first-order valence-corrected chi connectivity index (χ1v) is 6.58. The molecule has 0 unspecified atom stereocenters. The number of amides is 1. The zero-order valence-corrected chi connectivity index (χ0v) is 11.4. The highest BCUT2D eigenvalue weighted by molar-refractivity contribution is 6.17. The Morgan fingerprint density at radius 2 is 1.65 bits per heavy atom. The minimum Gasteiger partial charge on any atom is -0.507 e. The Balaban J connectivity index is 2.09. The summed E-state index contributed by atoms with van der Waals surface area (Å²) in [5.74, 6) is -0.631. The number of rotatable bonds is 4. The van der Waals surface area contributed by atoms with E-state index in [-0.39, 0.29) is 23.6 Å². The summed E-state index contributed by atoms with van der Waals surface area (Å²) < 4.78 is 0. The van der Waals surface area contributed by atoms with Gasteiger partial charge in [-0.05, 0) is 23.3 Å². The van der Waals surface area contributed by atoms with Gasteiger partial charge in [0.1, 0.15) is 17.1 Å². The SMILES string of the molecule is O=C(NCc1cccc(CCl)c1)c1c(O)cccc1O. The summed E-state index contributed by atoms with van der Waals surface area (Å²) in [6, 6.07) is 11.7. The molecule has 0 aromatic heterocycles. The first-order valence-electron chi connectivity index (χ1n) is 6.04. The molecule has 0 atom stereocenters. The molecule has 0 heterocycles. The highest BCUT2D eigenvalue weighted by atomic mass is 35.5. The lowest BCUT2D eigenvalue weighted by Crippen LogP contribution is -2.23. The van der Waals surface area contributed by atoms with E-state index < -0.39 is 5.91 Å². The van der Waals surface area contributed by atoms with Gasteiger partial charge in [0.15, 0.2) is 0 Å². The predicted molar refractivity (Wildman–Crippen MR) is 76.9 cm³/mol. The van der Waals surface area contributed by atoms with Crippen LogP contribution in [0.4, 0.5) is 0 Å². The van der Waals surface area contributed by atoms with Crippen molar-refractivity contribution in [3.05, 3.63) is 59.2 Å². The standard InChI is InChI=1S/C15H14ClNO3/c16-8-10-3-1-4-11(7-10)9-17-15(20)14-12(18)5-2-6-13(14)19/h1-7,18-19H,8-9H2,(H,17,20). The number of aromatic hydroxyl groups is 2. The number of phenols is 2. The van der Waals surface area contributed by atoms with Crippen LogP contribution in [-0.2, 0) is 12.4 Å². The topological polar surface area (TPSA) is 69.6 Å². The molecule has 0 aliphatic rings. The lowest BCUT2D eigenvalue weighted by Gasteiger charge is -2.09. The quantitative estimate of drug-likeness (QED) is 0.759. The zero-order valence-electron chi connectivity index (χ0n) is 10.6. The van der Waals surface area contributed by atoms with Crippen molar-refractivity contribution < 1.29 is 15.0 Å². The Bertz CT molecular complexity index is 608. The second-order valence-corrected chi connectivity index (χ2v) is 4.57. The molecule has 0 radical (unpaired) electrons. The molecular weight excluding hydrogens is 278 g/mol. The van der Waals surface area contributed by atoms with Gasteiger partial charge in [-0.2, -0.15) is 0 Å². The summed E-state index contributed by atoms with van der Waals surface area (Å²) in [4.78, 5) is 12.0. The summed E-state index contributed by atoms with van der Waals surface area (Å²) in [6.07, 6.45) is 0. The summed E-state index contributed by atoms with van der Waals surface area (Å²) in [6.45, 7) is 0.289. The number of halogens is 1. The molecule has 0 saturated heterocycles. The van der Waals surface area contributed by atoms with E-state index in [0.29, 0.717) is 5.88 Å². The molecule has 0 aliphatic heterocycles. The summed E-state index contributed by atoms with van der Waals surface area (Å²) >= 11 is 5.75. The van der Waals surface area contributed by atoms with E-state index in [1.807, 2.05) is 24.3 Å². The average Bonchev–Trinajstić information content (AvgIpc) is 2.45. The molecule has 2 aromatic carbocycles. The molecular formula is C15H14ClNO3. The fraction of sp³-hybridized carbons (Fsp3) is 0.133. The van der Waals surface area contributed by atoms with Crippen molar-refractivity contribution in [2.24, 2.45) is 0 Å². The largest absolute Gasteiger partial charge is 0.507 e. The van der Waals surface area contributed by atoms with Crippen molar-refractivity contribution in [1.82, 2.24) is 5.32 Å². The van der Waals surface area contributed by atoms with Crippen LogP contribution in [0.15, 0.2) is 42.5 Å². The van der Waals surface area contributed by atoms with Crippen LogP contribution in [0.3, 0.4) is 0 Å². The van der Waals surface area contributed by atoms with Gasteiger partial charge < -0.3 is 15.5 Å². The molecule has 0 bridgehead atoms. The number of carbonyl (C=O) groups excluding carboxylic acids is 1. The molecule has 0 spiro atoms. The van der Waals surface area contributed by atoms with Gasteiger partial charge in [-0.1, -0.05) is 30.3 Å². The number of alkyl halides is 1. The van der Waals surface area contributed by atoms with Gasteiger partial charge in [0.2, 0.25) is 0 Å². The third kappa shape index (κ3) is 3.22. The fourth-order valence-electron chi connectivity index (χ4n) is 1.85. The first-order chi connectivity index (χ1) is 9.61. The Hall–Kier alpha value is -2.20. The molecule has 0 fully saturated rings. The van der Waals surface area contributed by atoms with Crippen molar-refractivity contribution in [2.75, 3.05) is 0 Å². The number of hydrogen-bond donors (Lipinski definition) is 3. The zero-order chi connectivity index (χ0) is 14.5. The van der Waals surface area contributed by atoms with Crippen molar-refractivity contribution in [3.63, 3.8) is 0 Å². The second kappa shape index (κ2) is 6.30. The summed E-state index contributed by atoms with van der Waals surface area (Å²) in [5, 5.41) is 21.9. The number of nitrogens with one attached hydrogen (secondary N) is 1. The van der Waals surface area contributed by atoms with Gasteiger partial charge >= 0.3 is 0 Å². The van der Waals surface area contributed by atoms with Gasteiger partial charge in [-0.25, -0.2) is 0 Å². The second-order valence-electron chi connectivity index (χ2n) is 4.31. The van der Waals surface area contributed by atoms with E-state index in [1.54, 1.807) is 0 Å². The first kappa shape index (κ1) is 14.2. The van der Waals surface area contributed by atoms with Gasteiger partial charge in [-0.15, -0.1) is 11.6 Å². The van der Waals surface area contributed by atoms with E-state index in [1.165, 1.54) is 18.2 Å². The maximum absolute atomic E-state index is 12.0. The van der Waals surface area contributed by atoms with E-state index in [0.717, 1.165) is 11.1 Å². The van der Waals surface area contributed by atoms with E-state index >= 15 is 0 Å². The van der Waals surface area contributed by atoms with Gasteiger partial charge in [0.25, 0.3) is 5.91 Å². The summed E-state index contributed by atoms with van der Waals surface area (Å²) in [5.41, 5.74) is 1.73. The maximum atomic E-state index is 12.0. The normalized spacial score (nSPS) is 10.2. The van der Waals surface area contributed by atoms with Crippen LogP contribution >= 0.6 is 11.6 Å². The van der Waals surface area contributed by atoms with Gasteiger partial charge in [0, 0.05) is 12.4 Å². The Labute approximate surface area is 121 Å². The maximum Gasteiger partial charge on any atom is 0.259 e. The van der Waals surface area contributed by atoms with E-state index in [9.17, 15) is 15.0 Å². The highest BCUT2D eigenvalue weighted by Gasteiger charge is 2.15. The Morgan fingerprint density at radius 1 is 1.05 bits per heavy atom. The van der Waals surface area contributed by atoms with Crippen LogP contribution in [0.1, 0.15) is 21.5 Å². The minimum absolute atomic E-state index is 0.124. The van der Waals surface area contributed by atoms with Crippen LogP contribution < -0.4 is 5.32 Å². The predicted octanol–water partition coefficient (Wildman–Crippen LogP) is 2.77. The van der Waals surface area contributed by atoms with Crippen molar-refractivity contribution in [2.45, 2.75) is 12.4 Å². The lowest BCUT2D eigenvalue weighted by molar-refractivity contribution is 0.0945. The minimum atomic E-state index is -0.531. The van der Waals surface area contributed by atoms with Crippen LogP contribution in [0.5, 0.6) is 11.5 Å². The van der Waals surface area contributed by atoms with Crippen molar-refractivity contribution in [3.8, 4) is 11.5 Å². The molecule has 5 heteroatoms. The molecule has 2 aromatic rings. The molecule has 2 rings (SSSR count). The third-order valence-electron chi connectivity index (χ3n) is 2.85. The number of carbonyl (C=O) groups is 1. The highest BCUT2D eigenvalue weighted by Crippen LogP contribution is 2.25. The van der Waals surface area contributed by atoms with Crippen LogP contribution in [-0.4, -0.2) is 16.1 Å².